The van der Waals surface area contributed by atoms with Gasteiger partial charge in [-0.25, -0.2) is 23.1 Å². The van der Waals surface area contributed by atoms with Crippen LogP contribution in [-0.2, 0) is 13.1 Å². The molecule has 2 amide bonds. The molecule has 0 unspecified atom stereocenters. The molecule has 0 aliphatic carbocycles. The van der Waals surface area contributed by atoms with Gasteiger partial charge in [0.05, 0.1) is 5.02 Å². The maximum atomic E-state index is 13.2. The molecule has 0 saturated carbocycles. The molecular weight excluding hydrogens is 421 g/mol. The summed E-state index contributed by atoms with van der Waals surface area (Å²) >= 11 is 5.70. The minimum Gasteiger partial charge on any atom is -0.347 e. The van der Waals surface area contributed by atoms with E-state index in [4.69, 9.17) is 11.6 Å². The van der Waals surface area contributed by atoms with Gasteiger partial charge in [0, 0.05) is 19.2 Å². The first-order valence-corrected chi connectivity index (χ1v) is 8.97. The molecule has 0 fully saturated rings. The van der Waals surface area contributed by atoms with Crippen LogP contribution in [0, 0.1) is 17.5 Å². The van der Waals surface area contributed by atoms with Crippen molar-refractivity contribution in [3.05, 3.63) is 93.8 Å². The molecule has 0 atom stereocenters. The quantitative estimate of drug-likeness (QED) is 0.622. The molecule has 0 saturated heterocycles. The van der Waals surface area contributed by atoms with Gasteiger partial charge >= 0.3 is 0 Å². The summed E-state index contributed by atoms with van der Waals surface area (Å²) in [6, 6.07) is 8.48. The van der Waals surface area contributed by atoms with Gasteiger partial charge in [-0.3, -0.25) is 9.59 Å². The van der Waals surface area contributed by atoms with Gasteiger partial charge in [-0.1, -0.05) is 23.7 Å². The second-order valence-corrected chi connectivity index (χ2v) is 6.56. The lowest BCUT2D eigenvalue weighted by atomic mass is 10.2. The van der Waals surface area contributed by atoms with E-state index >= 15 is 0 Å². The predicted octanol–water partition coefficient (Wildman–Crippen LogP) is 3.41. The number of aromatic nitrogens is 2. The van der Waals surface area contributed by atoms with Crippen LogP contribution in [0.1, 0.15) is 32.1 Å². The average Bonchev–Trinajstić information content (AvgIpc) is 2.75. The Bertz CT molecular complexity index is 1030. The summed E-state index contributed by atoms with van der Waals surface area (Å²) < 4.78 is 39.4. The van der Waals surface area contributed by atoms with E-state index in [1.165, 1.54) is 30.3 Å². The van der Waals surface area contributed by atoms with Crippen LogP contribution < -0.4 is 10.6 Å². The minimum atomic E-state index is -1.02. The van der Waals surface area contributed by atoms with Gasteiger partial charge in [-0.05, 0) is 35.4 Å². The third-order valence-electron chi connectivity index (χ3n) is 4.01. The van der Waals surface area contributed by atoms with Crippen molar-refractivity contribution in [1.82, 2.24) is 20.6 Å². The van der Waals surface area contributed by atoms with Gasteiger partial charge in [0.1, 0.15) is 23.5 Å². The van der Waals surface area contributed by atoms with Crippen LogP contribution in [0.15, 0.2) is 48.8 Å². The topological polar surface area (TPSA) is 84.0 Å². The third-order valence-corrected chi connectivity index (χ3v) is 4.30. The highest BCUT2D eigenvalue weighted by molar-refractivity contribution is 6.30. The average molecular weight is 435 g/mol. The second kappa shape index (κ2) is 9.36. The summed E-state index contributed by atoms with van der Waals surface area (Å²) in [5.41, 5.74) is 0.791. The van der Waals surface area contributed by atoms with Gasteiger partial charge < -0.3 is 10.6 Å². The SMILES string of the molecule is O=C(NCc1ccc(F)c(F)c1)c1cc(C(=O)NCc2ccc(F)c(Cl)c2)ncn1. The number of carbonyl (C=O) groups is 2. The van der Waals surface area contributed by atoms with Crippen molar-refractivity contribution >= 4 is 23.4 Å². The first-order valence-electron chi connectivity index (χ1n) is 8.60. The Morgan fingerprint density at radius 3 is 1.83 bits per heavy atom. The van der Waals surface area contributed by atoms with Crippen LogP contribution in [0.4, 0.5) is 13.2 Å². The maximum Gasteiger partial charge on any atom is 0.270 e. The van der Waals surface area contributed by atoms with Crippen molar-refractivity contribution < 1.29 is 22.8 Å². The normalized spacial score (nSPS) is 10.5. The molecule has 6 nitrogen and oxygen atoms in total. The Labute approximate surface area is 174 Å². The Morgan fingerprint density at radius 2 is 1.30 bits per heavy atom. The molecule has 3 aromatic rings. The first kappa shape index (κ1) is 21.3. The molecule has 3 rings (SSSR count). The van der Waals surface area contributed by atoms with Gasteiger partial charge in [0.25, 0.3) is 11.8 Å². The lowest BCUT2D eigenvalue weighted by Crippen LogP contribution is -2.27. The fraction of sp³-hybridized carbons (Fsp3) is 0.100. The summed E-state index contributed by atoms with van der Waals surface area (Å²) in [7, 11) is 0. The highest BCUT2D eigenvalue weighted by Gasteiger charge is 2.14. The fourth-order valence-electron chi connectivity index (χ4n) is 2.45. The zero-order chi connectivity index (χ0) is 21.7. The second-order valence-electron chi connectivity index (χ2n) is 6.15. The Morgan fingerprint density at radius 1 is 0.767 bits per heavy atom. The van der Waals surface area contributed by atoms with E-state index < -0.39 is 29.3 Å². The Balaban J connectivity index is 1.61. The van der Waals surface area contributed by atoms with Crippen LogP contribution in [-0.4, -0.2) is 21.8 Å². The Hall–Kier alpha value is -3.46. The molecular formula is C20H14ClF3N4O2. The molecule has 1 aromatic heterocycles. The number of benzene rings is 2. The van der Waals surface area contributed by atoms with Crippen molar-refractivity contribution in [2.45, 2.75) is 13.1 Å². The van der Waals surface area contributed by atoms with E-state index in [9.17, 15) is 22.8 Å². The van der Waals surface area contributed by atoms with Gasteiger partial charge in [-0.2, -0.15) is 0 Å². The maximum absolute atomic E-state index is 13.2. The number of nitrogens with zero attached hydrogens (tertiary/aromatic N) is 2. The van der Waals surface area contributed by atoms with Crippen molar-refractivity contribution in [3.63, 3.8) is 0 Å². The van der Waals surface area contributed by atoms with Crippen molar-refractivity contribution in [2.24, 2.45) is 0 Å². The smallest absolute Gasteiger partial charge is 0.270 e. The van der Waals surface area contributed by atoms with Crippen molar-refractivity contribution in [1.29, 1.82) is 0 Å². The van der Waals surface area contributed by atoms with Crippen LogP contribution >= 0.6 is 11.6 Å². The fourth-order valence-corrected chi connectivity index (χ4v) is 2.65. The molecule has 0 bridgehead atoms. The summed E-state index contributed by atoms with van der Waals surface area (Å²) in [4.78, 5) is 32.2. The molecule has 154 valence electrons. The lowest BCUT2D eigenvalue weighted by Gasteiger charge is -2.08. The first-order chi connectivity index (χ1) is 14.3. The molecule has 2 N–H and O–H groups in total. The number of hydrogen-bond donors (Lipinski definition) is 2. The molecule has 30 heavy (non-hydrogen) atoms. The molecule has 0 radical (unpaired) electrons. The van der Waals surface area contributed by atoms with E-state index in [1.807, 2.05) is 0 Å². The molecule has 10 heteroatoms. The molecule has 0 aliphatic rings. The van der Waals surface area contributed by atoms with Gasteiger partial charge in [0.2, 0.25) is 0 Å². The highest BCUT2D eigenvalue weighted by Crippen LogP contribution is 2.16. The lowest BCUT2D eigenvalue weighted by molar-refractivity contribution is 0.0944. The van der Waals surface area contributed by atoms with Gasteiger partial charge in [0.15, 0.2) is 11.6 Å². The summed E-state index contributed by atoms with van der Waals surface area (Å²) in [5.74, 6) is -3.78. The van der Waals surface area contributed by atoms with Crippen LogP contribution in [0.3, 0.4) is 0 Å². The van der Waals surface area contributed by atoms with E-state index in [-0.39, 0.29) is 29.5 Å². The van der Waals surface area contributed by atoms with E-state index in [0.29, 0.717) is 11.1 Å². The van der Waals surface area contributed by atoms with Crippen molar-refractivity contribution in [2.75, 3.05) is 0 Å². The monoisotopic (exact) mass is 434 g/mol. The predicted molar refractivity (Wildman–Crippen MR) is 102 cm³/mol. The molecule has 0 spiro atoms. The summed E-state index contributed by atoms with van der Waals surface area (Å²) in [6.07, 6.45) is 1.05. The van der Waals surface area contributed by atoms with E-state index in [0.717, 1.165) is 18.5 Å². The molecule has 2 aromatic carbocycles. The van der Waals surface area contributed by atoms with E-state index in [1.54, 1.807) is 0 Å². The zero-order valence-corrected chi connectivity index (χ0v) is 16.0. The standard InChI is InChI=1S/C20H14ClF3N4O2/c21-13-5-11(1-3-14(13)22)8-25-19(29)17-7-18(28-10-27-17)20(30)26-9-12-2-4-15(23)16(24)6-12/h1-7,10H,8-9H2,(H,25,29)(H,26,30). The van der Waals surface area contributed by atoms with Crippen LogP contribution in [0.5, 0.6) is 0 Å². The number of halogens is 4. The number of amides is 2. The molecule has 0 aliphatic heterocycles. The molecule has 1 heterocycles. The van der Waals surface area contributed by atoms with Gasteiger partial charge in [-0.15, -0.1) is 0 Å². The van der Waals surface area contributed by atoms with Crippen LogP contribution in [0.2, 0.25) is 5.02 Å². The highest BCUT2D eigenvalue weighted by atomic mass is 35.5. The number of rotatable bonds is 6. The number of carbonyl (C=O) groups excluding carboxylic acids is 2. The summed E-state index contributed by atoms with van der Waals surface area (Å²) in [5, 5.41) is 5.01. The van der Waals surface area contributed by atoms with E-state index in [2.05, 4.69) is 20.6 Å². The largest absolute Gasteiger partial charge is 0.347 e. The Kier molecular flexibility index (Phi) is 6.63. The number of nitrogens with one attached hydrogen (secondary N) is 2. The minimum absolute atomic E-state index is 0.0591. The summed E-state index contributed by atoms with van der Waals surface area (Å²) in [6.45, 7) is 0.00733. The van der Waals surface area contributed by atoms with Crippen molar-refractivity contribution in [3.8, 4) is 0 Å². The zero-order valence-electron chi connectivity index (χ0n) is 15.3. The number of hydrogen-bond acceptors (Lipinski definition) is 4. The van der Waals surface area contributed by atoms with Crippen LogP contribution in [0.25, 0.3) is 0 Å². The third kappa shape index (κ3) is 5.32.